The minimum absolute atomic E-state index is 0.0460. The van der Waals surface area contributed by atoms with E-state index in [1.165, 1.54) is 18.2 Å². The first kappa shape index (κ1) is 26.0. The number of sulfonamides is 1. The van der Waals surface area contributed by atoms with Gasteiger partial charge in [-0.25, -0.2) is 8.42 Å². The molecule has 0 heterocycles. The number of nitrogens with one attached hydrogen (secondary N) is 1. The van der Waals surface area contributed by atoms with E-state index in [1.807, 2.05) is 18.2 Å². The summed E-state index contributed by atoms with van der Waals surface area (Å²) in [5.74, 6) is -0.727. The first-order chi connectivity index (χ1) is 16.0. The molecule has 0 saturated carbocycles. The van der Waals surface area contributed by atoms with Crippen molar-refractivity contribution in [2.45, 2.75) is 17.5 Å². The molecule has 5 nitrogen and oxygen atoms in total. The zero-order valence-corrected chi connectivity index (χ0v) is 19.8. The van der Waals surface area contributed by atoms with Crippen molar-refractivity contribution in [1.29, 1.82) is 0 Å². The molecule has 0 unspecified atom stereocenters. The van der Waals surface area contributed by atoms with Crippen molar-refractivity contribution in [2.24, 2.45) is 0 Å². The van der Waals surface area contributed by atoms with Gasteiger partial charge in [0, 0.05) is 17.3 Å². The molecule has 11 heteroatoms. The van der Waals surface area contributed by atoms with Gasteiger partial charge in [-0.1, -0.05) is 53.5 Å². The van der Waals surface area contributed by atoms with Crippen molar-refractivity contribution in [3.8, 4) is 0 Å². The number of alkyl halides is 3. The zero-order chi connectivity index (χ0) is 24.9. The van der Waals surface area contributed by atoms with Gasteiger partial charge in [-0.2, -0.15) is 17.5 Å². The maximum absolute atomic E-state index is 13.3. The van der Waals surface area contributed by atoms with Crippen LogP contribution < -0.4 is 5.32 Å². The normalized spacial score (nSPS) is 12.1. The molecule has 0 aliphatic heterocycles. The minimum Gasteiger partial charge on any atom is -0.325 e. The fourth-order valence-electron chi connectivity index (χ4n) is 3.10. The van der Waals surface area contributed by atoms with E-state index in [-0.39, 0.29) is 27.2 Å². The van der Waals surface area contributed by atoms with Crippen molar-refractivity contribution in [1.82, 2.24) is 4.31 Å². The van der Waals surface area contributed by atoms with Crippen molar-refractivity contribution in [3.05, 3.63) is 94.0 Å². The molecular formula is C23H19Cl2F3N2O3S. The Hall–Kier alpha value is -2.59. The molecule has 1 N–H and O–H groups in total. The smallest absolute Gasteiger partial charge is 0.325 e. The van der Waals surface area contributed by atoms with Crippen LogP contribution in [0, 0.1) is 0 Å². The summed E-state index contributed by atoms with van der Waals surface area (Å²) in [4.78, 5) is 12.4. The predicted molar refractivity (Wildman–Crippen MR) is 125 cm³/mol. The third-order valence-corrected chi connectivity index (χ3v) is 7.38. The highest BCUT2D eigenvalue weighted by molar-refractivity contribution is 7.89. The molecule has 0 aromatic heterocycles. The lowest BCUT2D eigenvalue weighted by Gasteiger charge is -2.22. The molecule has 0 bridgehead atoms. The van der Waals surface area contributed by atoms with Crippen LogP contribution in [0.2, 0.25) is 10.0 Å². The Labute approximate surface area is 205 Å². The topological polar surface area (TPSA) is 66.5 Å². The predicted octanol–water partition coefficient (Wildman–Crippen LogP) is 5.88. The molecule has 0 saturated heterocycles. The lowest BCUT2D eigenvalue weighted by molar-refractivity contribution is -0.137. The van der Waals surface area contributed by atoms with Crippen LogP contribution in [0.1, 0.15) is 11.1 Å². The molecule has 0 aliphatic rings. The highest BCUT2D eigenvalue weighted by atomic mass is 35.5. The number of anilines is 1. The van der Waals surface area contributed by atoms with Crippen LogP contribution in [0.25, 0.3) is 0 Å². The molecule has 0 aliphatic carbocycles. The van der Waals surface area contributed by atoms with Crippen molar-refractivity contribution in [3.63, 3.8) is 0 Å². The van der Waals surface area contributed by atoms with Gasteiger partial charge in [-0.3, -0.25) is 4.79 Å². The van der Waals surface area contributed by atoms with Gasteiger partial charge in [-0.15, -0.1) is 0 Å². The fraction of sp³-hybridized carbons (Fsp3) is 0.174. The number of benzene rings is 3. The molecule has 3 rings (SSSR count). The maximum atomic E-state index is 13.3. The van der Waals surface area contributed by atoms with E-state index in [2.05, 4.69) is 5.32 Å². The number of rotatable bonds is 8. The summed E-state index contributed by atoms with van der Waals surface area (Å²) < 4.78 is 65.9. The third-order valence-electron chi connectivity index (χ3n) is 4.82. The summed E-state index contributed by atoms with van der Waals surface area (Å²) in [6, 6.07) is 16.9. The number of amides is 1. The Bertz CT molecular complexity index is 1250. The number of hydrogen-bond donors (Lipinski definition) is 1. The molecule has 34 heavy (non-hydrogen) atoms. The van der Waals surface area contributed by atoms with Crippen LogP contribution in [0.4, 0.5) is 18.9 Å². The molecule has 3 aromatic rings. The van der Waals surface area contributed by atoms with Crippen molar-refractivity contribution < 1.29 is 26.4 Å². The average molecular weight is 531 g/mol. The first-order valence-electron chi connectivity index (χ1n) is 9.93. The van der Waals surface area contributed by atoms with Gasteiger partial charge >= 0.3 is 6.18 Å². The van der Waals surface area contributed by atoms with E-state index in [4.69, 9.17) is 23.2 Å². The van der Waals surface area contributed by atoms with Gasteiger partial charge in [0.1, 0.15) is 4.90 Å². The van der Waals surface area contributed by atoms with E-state index >= 15 is 0 Å². The van der Waals surface area contributed by atoms with E-state index in [9.17, 15) is 26.4 Å². The molecule has 1 amide bonds. The molecule has 0 fully saturated rings. The molecule has 180 valence electrons. The maximum Gasteiger partial charge on any atom is 0.416 e. The Morgan fingerprint density at radius 1 is 0.941 bits per heavy atom. The minimum atomic E-state index is -4.51. The molecule has 0 atom stereocenters. The van der Waals surface area contributed by atoms with Crippen LogP contribution in [0.5, 0.6) is 0 Å². The summed E-state index contributed by atoms with van der Waals surface area (Å²) in [6.07, 6.45) is -4.20. The van der Waals surface area contributed by atoms with Gasteiger partial charge in [0.2, 0.25) is 15.9 Å². The van der Waals surface area contributed by atoms with Gasteiger partial charge in [0.05, 0.1) is 17.1 Å². The van der Waals surface area contributed by atoms with Gasteiger partial charge in [-0.05, 0) is 54.4 Å². The second-order valence-electron chi connectivity index (χ2n) is 7.27. The summed E-state index contributed by atoms with van der Waals surface area (Å²) >= 11 is 12.1. The lowest BCUT2D eigenvalue weighted by atomic mass is 10.1. The standard InChI is InChI=1S/C23H19Cl2F3N2O3S/c24-18-8-11-20(25)21(14-18)34(32,33)30(13-12-16-4-2-1-3-5-16)15-22(31)29-19-9-6-17(7-10-19)23(26,27)28/h1-11,14H,12-13,15H2,(H,29,31). The SMILES string of the molecule is O=C(CN(CCc1ccccc1)S(=O)(=O)c1cc(Cl)ccc1Cl)Nc1ccc(C(F)(F)F)cc1. The van der Waals surface area contributed by atoms with E-state index in [1.54, 1.807) is 12.1 Å². The van der Waals surface area contributed by atoms with E-state index in [0.717, 1.165) is 34.1 Å². The lowest BCUT2D eigenvalue weighted by Crippen LogP contribution is -2.39. The van der Waals surface area contributed by atoms with E-state index in [0.29, 0.717) is 6.42 Å². The highest BCUT2D eigenvalue weighted by Gasteiger charge is 2.31. The first-order valence-corrected chi connectivity index (χ1v) is 12.1. The summed E-state index contributed by atoms with van der Waals surface area (Å²) in [7, 11) is -4.23. The highest BCUT2D eigenvalue weighted by Crippen LogP contribution is 2.30. The van der Waals surface area contributed by atoms with Crippen LogP contribution in [-0.2, 0) is 27.4 Å². The largest absolute Gasteiger partial charge is 0.416 e. The van der Waals surface area contributed by atoms with Crippen molar-refractivity contribution >= 4 is 44.8 Å². The van der Waals surface area contributed by atoms with Crippen molar-refractivity contribution in [2.75, 3.05) is 18.4 Å². The Balaban J connectivity index is 1.83. The van der Waals surface area contributed by atoms with Crippen LogP contribution in [0.15, 0.2) is 77.7 Å². The molecule has 3 aromatic carbocycles. The quantitative estimate of drug-likeness (QED) is 0.395. The fourth-order valence-corrected chi connectivity index (χ4v) is 5.23. The number of halogens is 5. The number of hydrogen-bond acceptors (Lipinski definition) is 3. The number of carbonyl (C=O) groups is 1. The molecule has 0 radical (unpaired) electrons. The Morgan fingerprint density at radius 3 is 2.21 bits per heavy atom. The van der Waals surface area contributed by atoms with Gasteiger partial charge in [0.25, 0.3) is 0 Å². The molecular weight excluding hydrogens is 512 g/mol. The molecule has 0 spiro atoms. The monoisotopic (exact) mass is 530 g/mol. The Kier molecular flexibility index (Phi) is 8.25. The second kappa shape index (κ2) is 10.8. The Morgan fingerprint density at radius 2 is 1.59 bits per heavy atom. The second-order valence-corrected chi connectivity index (χ2v) is 10.0. The summed E-state index contributed by atoms with van der Waals surface area (Å²) in [5.41, 5.74) is 0.0791. The summed E-state index contributed by atoms with van der Waals surface area (Å²) in [6.45, 7) is -0.630. The zero-order valence-electron chi connectivity index (χ0n) is 17.5. The number of carbonyl (C=O) groups excluding carboxylic acids is 1. The summed E-state index contributed by atoms with van der Waals surface area (Å²) in [5, 5.41) is 2.52. The van der Waals surface area contributed by atoms with Gasteiger partial charge in [0.15, 0.2) is 0 Å². The van der Waals surface area contributed by atoms with Crippen LogP contribution in [-0.4, -0.2) is 31.7 Å². The van der Waals surface area contributed by atoms with E-state index < -0.39 is 34.2 Å². The van der Waals surface area contributed by atoms with Crippen LogP contribution in [0.3, 0.4) is 0 Å². The van der Waals surface area contributed by atoms with Crippen LogP contribution >= 0.6 is 23.2 Å². The van der Waals surface area contributed by atoms with Gasteiger partial charge < -0.3 is 5.32 Å². The number of nitrogens with zero attached hydrogens (tertiary/aromatic N) is 1. The average Bonchev–Trinajstić information content (AvgIpc) is 2.78. The third kappa shape index (κ3) is 6.73.